The van der Waals surface area contributed by atoms with Crippen LogP contribution in [0.2, 0.25) is 5.02 Å². The van der Waals surface area contributed by atoms with E-state index in [1.807, 2.05) is 12.1 Å². The topological polar surface area (TPSA) is 30.5 Å². The highest BCUT2D eigenvalue weighted by Gasteiger charge is 2.22. The first kappa shape index (κ1) is 10.2. The van der Waals surface area contributed by atoms with Gasteiger partial charge in [-0.1, -0.05) is 11.6 Å². The number of fused-ring (bicyclic) bond motifs is 1. The van der Waals surface area contributed by atoms with Crippen LogP contribution in [0.1, 0.15) is 24.3 Å². The molecule has 2 aliphatic rings. The minimum absolute atomic E-state index is 0.307. The zero-order chi connectivity index (χ0) is 11.0. The zero-order valence-corrected chi connectivity index (χ0v) is 9.72. The number of rotatable bonds is 1. The standard InChI is InChI=1S/C12H14ClNO2/c13-10-6-12-11(15-7-16-12)5-9(10)8-1-3-14-4-2-8/h5-6,8,14H,1-4,7H2. The Balaban J connectivity index is 1.94. The SMILES string of the molecule is Clc1cc2c(cc1C1CCNCC1)OCO2. The maximum atomic E-state index is 6.29. The van der Waals surface area contributed by atoms with Crippen molar-refractivity contribution < 1.29 is 9.47 Å². The van der Waals surface area contributed by atoms with Crippen LogP contribution >= 0.6 is 11.6 Å². The smallest absolute Gasteiger partial charge is 0.231 e. The van der Waals surface area contributed by atoms with Crippen LogP contribution in [0.3, 0.4) is 0 Å². The summed E-state index contributed by atoms with van der Waals surface area (Å²) in [5.41, 5.74) is 1.20. The first-order valence-electron chi connectivity index (χ1n) is 5.64. The van der Waals surface area contributed by atoms with E-state index < -0.39 is 0 Å². The van der Waals surface area contributed by atoms with Crippen LogP contribution in [0, 0.1) is 0 Å². The van der Waals surface area contributed by atoms with Crippen LogP contribution in [0.4, 0.5) is 0 Å². The van der Waals surface area contributed by atoms with E-state index in [0.717, 1.165) is 42.5 Å². The zero-order valence-electron chi connectivity index (χ0n) is 8.96. The molecule has 4 heteroatoms. The quantitative estimate of drug-likeness (QED) is 0.817. The monoisotopic (exact) mass is 239 g/mol. The van der Waals surface area contributed by atoms with Gasteiger partial charge in [0.25, 0.3) is 0 Å². The fourth-order valence-corrected chi connectivity index (χ4v) is 2.69. The molecule has 1 saturated heterocycles. The van der Waals surface area contributed by atoms with Crippen LogP contribution in [0.25, 0.3) is 0 Å². The Kier molecular flexibility index (Phi) is 2.65. The van der Waals surface area contributed by atoms with Crippen molar-refractivity contribution in [1.29, 1.82) is 0 Å². The Morgan fingerprint density at radius 3 is 2.56 bits per heavy atom. The van der Waals surface area contributed by atoms with E-state index in [9.17, 15) is 0 Å². The second kappa shape index (κ2) is 4.15. The van der Waals surface area contributed by atoms with Gasteiger partial charge in [-0.3, -0.25) is 0 Å². The third kappa shape index (κ3) is 1.74. The molecule has 0 unspecified atom stereocenters. The minimum Gasteiger partial charge on any atom is -0.454 e. The molecule has 0 amide bonds. The maximum absolute atomic E-state index is 6.29. The van der Waals surface area contributed by atoms with Crippen molar-refractivity contribution in [3.8, 4) is 11.5 Å². The maximum Gasteiger partial charge on any atom is 0.231 e. The number of hydrogen-bond acceptors (Lipinski definition) is 3. The van der Waals surface area contributed by atoms with Gasteiger partial charge in [0, 0.05) is 11.1 Å². The molecule has 86 valence electrons. The first-order chi connectivity index (χ1) is 7.84. The third-order valence-electron chi connectivity index (χ3n) is 3.27. The summed E-state index contributed by atoms with van der Waals surface area (Å²) in [6.45, 7) is 2.44. The van der Waals surface area contributed by atoms with Gasteiger partial charge in [0.05, 0.1) is 0 Å². The molecule has 0 radical (unpaired) electrons. The molecule has 0 saturated carbocycles. The number of piperidine rings is 1. The van der Waals surface area contributed by atoms with E-state index in [0.29, 0.717) is 12.7 Å². The molecule has 3 nitrogen and oxygen atoms in total. The summed E-state index contributed by atoms with van der Waals surface area (Å²) in [5, 5.41) is 4.16. The Morgan fingerprint density at radius 1 is 1.12 bits per heavy atom. The Morgan fingerprint density at radius 2 is 1.81 bits per heavy atom. The predicted octanol–water partition coefficient (Wildman–Crippen LogP) is 2.54. The lowest BCUT2D eigenvalue weighted by Crippen LogP contribution is -2.26. The Labute approximate surface area is 99.7 Å². The molecule has 1 aromatic carbocycles. The van der Waals surface area contributed by atoms with Gasteiger partial charge in [0.15, 0.2) is 11.5 Å². The second-order valence-corrected chi connectivity index (χ2v) is 4.66. The average Bonchev–Trinajstić information content (AvgIpc) is 2.76. The van der Waals surface area contributed by atoms with Crippen LogP contribution in [-0.4, -0.2) is 19.9 Å². The van der Waals surface area contributed by atoms with E-state index in [-0.39, 0.29) is 0 Å². The highest BCUT2D eigenvalue weighted by Crippen LogP contribution is 2.41. The molecule has 0 bridgehead atoms. The van der Waals surface area contributed by atoms with Crippen molar-refractivity contribution in [2.75, 3.05) is 19.9 Å². The average molecular weight is 240 g/mol. The lowest BCUT2D eigenvalue weighted by molar-refractivity contribution is 0.174. The summed E-state index contributed by atoms with van der Waals surface area (Å²) in [6.07, 6.45) is 2.28. The molecule has 1 N–H and O–H groups in total. The molecule has 0 spiro atoms. The van der Waals surface area contributed by atoms with Gasteiger partial charge in [0.2, 0.25) is 6.79 Å². The molecule has 3 rings (SSSR count). The fourth-order valence-electron chi connectivity index (χ4n) is 2.38. The molecule has 1 aromatic rings. The molecule has 2 aliphatic heterocycles. The molecule has 2 heterocycles. The summed E-state index contributed by atoms with van der Waals surface area (Å²) in [5.74, 6) is 2.14. The molecule has 16 heavy (non-hydrogen) atoms. The predicted molar refractivity (Wildman–Crippen MR) is 62.4 cm³/mol. The minimum atomic E-state index is 0.307. The summed E-state index contributed by atoms with van der Waals surface area (Å²) < 4.78 is 10.7. The van der Waals surface area contributed by atoms with Gasteiger partial charge in [-0.25, -0.2) is 0 Å². The van der Waals surface area contributed by atoms with Gasteiger partial charge in [-0.15, -0.1) is 0 Å². The van der Waals surface area contributed by atoms with Crippen molar-refractivity contribution in [2.24, 2.45) is 0 Å². The number of halogens is 1. The van der Waals surface area contributed by atoms with Crippen LogP contribution in [0.5, 0.6) is 11.5 Å². The molecule has 0 aromatic heterocycles. The highest BCUT2D eigenvalue weighted by molar-refractivity contribution is 6.31. The lowest BCUT2D eigenvalue weighted by atomic mass is 9.90. The van der Waals surface area contributed by atoms with Gasteiger partial charge >= 0.3 is 0 Å². The van der Waals surface area contributed by atoms with Crippen molar-refractivity contribution in [3.05, 3.63) is 22.7 Å². The number of ether oxygens (including phenoxy) is 2. The Hall–Kier alpha value is -0.930. The Bertz CT molecular complexity index is 402. The molecule has 0 atom stereocenters. The van der Waals surface area contributed by atoms with E-state index >= 15 is 0 Å². The first-order valence-corrected chi connectivity index (χ1v) is 6.02. The van der Waals surface area contributed by atoms with Crippen LogP contribution in [-0.2, 0) is 0 Å². The van der Waals surface area contributed by atoms with E-state index in [1.54, 1.807) is 0 Å². The van der Waals surface area contributed by atoms with E-state index in [2.05, 4.69) is 5.32 Å². The molecule has 1 fully saturated rings. The third-order valence-corrected chi connectivity index (χ3v) is 3.60. The van der Waals surface area contributed by atoms with E-state index in [4.69, 9.17) is 21.1 Å². The number of hydrogen-bond donors (Lipinski definition) is 1. The van der Waals surface area contributed by atoms with Crippen molar-refractivity contribution >= 4 is 11.6 Å². The summed E-state index contributed by atoms with van der Waals surface area (Å²) in [6, 6.07) is 3.92. The van der Waals surface area contributed by atoms with E-state index in [1.165, 1.54) is 5.56 Å². The van der Waals surface area contributed by atoms with Gasteiger partial charge in [0.1, 0.15) is 0 Å². The van der Waals surface area contributed by atoms with Crippen molar-refractivity contribution in [3.63, 3.8) is 0 Å². The van der Waals surface area contributed by atoms with Crippen molar-refractivity contribution in [2.45, 2.75) is 18.8 Å². The van der Waals surface area contributed by atoms with Gasteiger partial charge < -0.3 is 14.8 Å². The largest absolute Gasteiger partial charge is 0.454 e. The van der Waals surface area contributed by atoms with Gasteiger partial charge in [-0.05, 0) is 43.5 Å². The number of nitrogens with one attached hydrogen (secondary N) is 1. The second-order valence-electron chi connectivity index (χ2n) is 4.25. The number of benzene rings is 1. The summed E-state index contributed by atoms with van der Waals surface area (Å²) in [4.78, 5) is 0. The molecule has 0 aliphatic carbocycles. The summed E-state index contributed by atoms with van der Waals surface area (Å²) >= 11 is 6.29. The van der Waals surface area contributed by atoms with Crippen LogP contribution < -0.4 is 14.8 Å². The normalized spacial score (nSPS) is 20.1. The van der Waals surface area contributed by atoms with Gasteiger partial charge in [-0.2, -0.15) is 0 Å². The molecular formula is C12H14ClNO2. The fraction of sp³-hybridized carbons (Fsp3) is 0.500. The lowest BCUT2D eigenvalue weighted by Gasteiger charge is -2.24. The summed E-state index contributed by atoms with van der Waals surface area (Å²) in [7, 11) is 0. The highest BCUT2D eigenvalue weighted by atomic mass is 35.5. The van der Waals surface area contributed by atoms with Crippen LogP contribution in [0.15, 0.2) is 12.1 Å². The molecular weight excluding hydrogens is 226 g/mol. The van der Waals surface area contributed by atoms with Crippen molar-refractivity contribution in [1.82, 2.24) is 5.32 Å².